The second-order valence-corrected chi connectivity index (χ2v) is 10.2. The Labute approximate surface area is 202 Å². The van der Waals surface area contributed by atoms with Crippen molar-refractivity contribution in [1.82, 2.24) is 10.2 Å². The van der Waals surface area contributed by atoms with Gasteiger partial charge in [-0.25, -0.2) is 8.42 Å². The highest BCUT2D eigenvalue weighted by Gasteiger charge is 2.30. The first-order valence-electron chi connectivity index (χ1n) is 11.3. The second kappa shape index (κ2) is 12.4. The summed E-state index contributed by atoms with van der Waals surface area (Å²) in [4.78, 5) is 27.7. The topological polar surface area (TPSA) is 96.0 Å². The number of carbonyl (C=O) groups is 2. The van der Waals surface area contributed by atoms with Gasteiger partial charge in [0.05, 0.1) is 19.1 Å². The van der Waals surface area contributed by atoms with E-state index in [9.17, 15) is 18.0 Å². The van der Waals surface area contributed by atoms with Gasteiger partial charge in [-0.1, -0.05) is 49.2 Å². The lowest BCUT2D eigenvalue weighted by Gasteiger charge is -2.31. The van der Waals surface area contributed by atoms with E-state index >= 15 is 0 Å². The van der Waals surface area contributed by atoms with E-state index in [2.05, 4.69) is 5.32 Å². The van der Waals surface area contributed by atoms with Crippen molar-refractivity contribution in [2.24, 2.45) is 0 Å². The molecular formula is C25H35N3O5S. The second-order valence-electron chi connectivity index (χ2n) is 8.30. The molecule has 2 rings (SSSR count). The van der Waals surface area contributed by atoms with Gasteiger partial charge >= 0.3 is 0 Å². The van der Waals surface area contributed by atoms with Crippen molar-refractivity contribution in [2.45, 2.75) is 46.2 Å². The summed E-state index contributed by atoms with van der Waals surface area (Å²) < 4.78 is 31.4. The zero-order valence-corrected chi connectivity index (χ0v) is 21.4. The molecule has 0 fully saturated rings. The third kappa shape index (κ3) is 7.76. The van der Waals surface area contributed by atoms with Crippen molar-refractivity contribution in [3.8, 4) is 5.75 Å². The lowest BCUT2D eigenvalue weighted by Crippen LogP contribution is -2.51. The number of hydrogen-bond acceptors (Lipinski definition) is 5. The lowest BCUT2D eigenvalue weighted by atomic mass is 10.1. The molecule has 0 heterocycles. The summed E-state index contributed by atoms with van der Waals surface area (Å²) in [5.74, 6) is -0.284. The molecule has 1 atom stereocenters. The molecule has 0 aliphatic rings. The Morgan fingerprint density at radius 2 is 1.82 bits per heavy atom. The fourth-order valence-electron chi connectivity index (χ4n) is 3.51. The van der Waals surface area contributed by atoms with Crippen LogP contribution in [-0.4, -0.2) is 57.6 Å². The molecule has 0 aliphatic carbocycles. The van der Waals surface area contributed by atoms with Crippen LogP contribution in [0.25, 0.3) is 0 Å². The minimum Gasteiger partial charge on any atom is -0.497 e. The number of rotatable bonds is 12. The fraction of sp³-hybridized carbons (Fsp3) is 0.440. The molecule has 0 spiro atoms. The van der Waals surface area contributed by atoms with E-state index in [1.54, 1.807) is 31.2 Å². The summed E-state index contributed by atoms with van der Waals surface area (Å²) >= 11 is 0. The van der Waals surface area contributed by atoms with Crippen LogP contribution < -0.4 is 14.4 Å². The van der Waals surface area contributed by atoms with Crippen molar-refractivity contribution >= 4 is 27.5 Å². The van der Waals surface area contributed by atoms with Crippen LogP contribution >= 0.6 is 0 Å². The van der Waals surface area contributed by atoms with Crippen molar-refractivity contribution in [3.05, 3.63) is 59.7 Å². The zero-order chi connectivity index (χ0) is 25.3. The van der Waals surface area contributed by atoms with Crippen LogP contribution in [0.3, 0.4) is 0 Å². The molecule has 0 saturated heterocycles. The van der Waals surface area contributed by atoms with Gasteiger partial charge in [0, 0.05) is 19.2 Å². The molecule has 1 unspecified atom stereocenters. The van der Waals surface area contributed by atoms with Gasteiger partial charge in [-0.2, -0.15) is 0 Å². The number of ether oxygens (including phenoxy) is 1. The largest absolute Gasteiger partial charge is 0.497 e. The molecule has 0 bridgehead atoms. The summed E-state index contributed by atoms with van der Waals surface area (Å²) in [6, 6.07) is 13.4. The highest BCUT2D eigenvalue weighted by molar-refractivity contribution is 7.92. The van der Waals surface area contributed by atoms with Gasteiger partial charge in [-0.05, 0) is 38.0 Å². The number of sulfonamides is 1. The highest BCUT2D eigenvalue weighted by Crippen LogP contribution is 2.23. The fourth-order valence-corrected chi connectivity index (χ4v) is 4.35. The Bertz CT molecular complexity index is 1090. The molecule has 186 valence electrons. The highest BCUT2D eigenvalue weighted by atomic mass is 32.2. The zero-order valence-electron chi connectivity index (χ0n) is 20.6. The van der Waals surface area contributed by atoms with Crippen molar-refractivity contribution in [2.75, 3.05) is 30.8 Å². The average Bonchev–Trinajstić information content (AvgIpc) is 2.79. The first-order chi connectivity index (χ1) is 16.1. The number of carbonyl (C=O) groups excluding carboxylic acids is 2. The normalized spacial score (nSPS) is 12.0. The van der Waals surface area contributed by atoms with Gasteiger partial charge < -0.3 is 15.0 Å². The minimum absolute atomic E-state index is 0.179. The Morgan fingerprint density at radius 3 is 2.44 bits per heavy atom. The van der Waals surface area contributed by atoms with Gasteiger partial charge in [-0.3, -0.25) is 13.9 Å². The molecule has 2 amide bonds. The van der Waals surface area contributed by atoms with E-state index in [-0.39, 0.29) is 12.5 Å². The third-order valence-electron chi connectivity index (χ3n) is 5.45. The number of nitrogens with zero attached hydrogens (tertiary/aromatic N) is 2. The predicted octanol–water partition coefficient (Wildman–Crippen LogP) is 3.10. The molecule has 2 aromatic rings. The van der Waals surface area contributed by atoms with E-state index in [0.29, 0.717) is 18.0 Å². The summed E-state index contributed by atoms with van der Waals surface area (Å²) in [5.41, 5.74) is 2.19. The maximum atomic E-state index is 13.5. The van der Waals surface area contributed by atoms with Crippen LogP contribution in [0.1, 0.15) is 37.8 Å². The average molecular weight is 490 g/mol. The Morgan fingerprint density at radius 1 is 1.12 bits per heavy atom. The van der Waals surface area contributed by atoms with Gasteiger partial charge in [0.15, 0.2) is 0 Å². The van der Waals surface area contributed by atoms with Crippen LogP contribution in [0.2, 0.25) is 0 Å². The molecule has 1 N–H and O–H groups in total. The third-order valence-corrected chi connectivity index (χ3v) is 6.59. The van der Waals surface area contributed by atoms with Crippen molar-refractivity contribution in [1.29, 1.82) is 0 Å². The number of nitrogens with one attached hydrogen (secondary N) is 1. The van der Waals surface area contributed by atoms with Gasteiger partial charge in [0.25, 0.3) is 0 Å². The number of amides is 2. The summed E-state index contributed by atoms with van der Waals surface area (Å²) in [6.45, 7) is 5.89. The molecule has 0 radical (unpaired) electrons. The minimum atomic E-state index is -3.78. The molecule has 9 heteroatoms. The van der Waals surface area contributed by atoms with Crippen LogP contribution in [0.15, 0.2) is 48.5 Å². The molecule has 34 heavy (non-hydrogen) atoms. The molecule has 0 saturated carbocycles. The molecular weight excluding hydrogens is 454 g/mol. The predicted molar refractivity (Wildman–Crippen MR) is 134 cm³/mol. The molecule has 0 aromatic heterocycles. The smallest absolute Gasteiger partial charge is 0.244 e. The van der Waals surface area contributed by atoms with E-state index in [4.69, 9.17) is 4.74 Å². The SMILES string of the molecule is CCCCNC(=O)C(C)N(Cc1cccc(C)c1)C(=O)CN(c1cccc(OC)c1)S(C)(=O)=O. The van der Waals surface area contributed by atoms with Crippen molar-refractivity contribution in [3.63, 3.8) is 0 Å². The van der Waals surface area contributed by atoms with Crippen molar-refractivity contribution < 1.29 is 22.7 Å². The number of hydrogen-bond donors (Lipinski definition) is 1. The number of anilines is 1. The van der Waals surface area contributed by atoms with E-state index < -0.39 is 28.5 Å². The molecule has 0 aliphatic heterocycles. The number of methoxy groups -OCH3 is 1. The number of aryl methyl sites for hydroxylation is 1. The van der Waals surface area contributed by atoms with Gasteiger partial charge in [0.2, 0.25) is 21.8 Å². The van der Waals surface area contributed by atoms with Crippen LogP contribution in [0, 0.1) is 6.92 Å². The first-order valence-corrected chi connectivity index (χ1v) is 13.2. The maximum Gasteiger partial charge on any atom is 0.244 e. The number of unbranched alkanes of at least 4 members (excludes halogenated alkanes) is 1. The summed E-state index contributed by atoms with van der Waals surface area (Å²) in [6.07, 6.45) is 2.82. The maximum absolute atomic E-state index is 13.5. The number of benzene rings is 2. The van der Waals surface area contributed by atoms with E-state index in [1.165, 1.54) is 12.0 Å². The Hall–Kier alpha value is -3.07. The van der Waals surface area contributed by atoms with E-state index in [0.717, 1.165) is 34.5 Å². The van der Waals surface area contributed by atoms with E-state index in [1.807, 2.05) is 38.1 Å². The quantitative estimate of drug-likeness (QED) is 0.462. The Balaban J connectivity index is 2.36. The van der Waals surface area contributed by atoms with Crippen LogP contribution in [0.4, 0.5) is 5.69 Å². The van der Waals surface area contributed by atoms with Gasteiger partial charge in [0.1, 0.15) is 18.3 Å². The molecule has 8 nitrogen and oxygen atoms in total. The lowest BCUT2D eigenvalue weighted by molar-refractivity contribution is -0.139. The Kier molecular flexibility index (Phi) is 9.92. The molecule has 2 aromatic carbocycles. The van der Waals surface area contributed by atoms with Gasteiger partial charge in [-0.15, -0.1) is 0 Å². The van der Waals surface area contributed by atoms with Crippen LogP contribution in [0.5, 0.6) is 5.75 Å². The summed E-state index contributed by atoms with van der Waals surface area (Å²) in [5, 5.41) is 2.86. The van der Waals surface area contributed by atoms with Crippen LogP contribution in [-0.2, 0) is 26.2 Å². The monoisotopic (exact) mass is 489 g/mol. The standard InChI is InChI=1S/C25H35N3O5S/c1-6-7-14-26-25(30)20(3)27(17-21-11-8-10-19(2)15-21)24(29)18-28(34(5,31)32)22-12-9-13-23(16-22)33-4/h8-13,15-16,20H,6-7,14,17-18H2,1-5H3,(H,26,30). The first kappa shape index (κ1) is 27.2. The summed E-state index contributed by atoms with van der Waals surface area (Å²) in [7, 11) is -2.30.